The third-order valence-corrected chi connectivity index (χ3v) is 2.78. The first-order valence-electron chi connectivity index (χ1n) is 6.04. The van der Waals surface area contributed by atoms with E-state index in [9.17, 15) is 14.4 Å². The molecule has 18 heavy (non-hydrogen) atoms. The number of carbonyl (C=O) groups is 3. The van der Waals surface area contributed by atoms with Gasteiger partial charge in [-0.1, -0.05) is 12.8 Å². The van der Waals surface area contributed by atoms with Gasteiger partial charge in [-0.2, -0.15) is 0 Å². The zero-order valence-corrected chi connectivity index (χ0v) is 10.1. The molecule has 102 valence electrons. The lowest BCUT2D eigenvalue weighted by atomic mass is 10.2. The van der Waals surface area contributed by atoms with Crippen molar-refractivity contribution < 1.29 is 19.5 Å². The molecule has 0 saturated heterocycles. The number of urea groups is 1. The molecule has 0 unspecified atom stereocenters. The van der Waals surface area contributed by atoms with Crippen molar-refractivity contribution in [1.82, 2.24) is 10.6 Å². The Morgan fingerprint density at radius 3 is 2.50 bits per heavy atom. The standard InChI is InChI=1S/C11H19N3O4/c12-9(15)6-8(10(16)17)14-11(18)13-5-1-2-7-3-4-7/h7-8H,1-6H2,(H2,12,15)(H,16,17)(H2,13,14,18)/t8-/m1/s1. The molecule has 7 heteroatoms. The summed E-state index contributed by atoms with van der Waals surface area (Å²) in [5, 5.41) is 13.5. The molecule has 5 N–H and O–H groups in total. The number of carbonyl (C=O) groups excluding carboxylic acids is 2. The van der Waals surface area contributed by atoms with E-state index >= 15 is 0 Å². The van der Waals surface area contributed by atoms with E-state index < -0.39 is 30.4 Å². The first kappa shape index (κ1) is 14.3. The van der Waals surface area contributed by atoms with Gasteiger partial charge in [0.15, 0.2) is 0 Å². The molecule has 1 atom stereocenters. The highest BCUT2D eigenvalue weighted by Crippen LogP contribution is 2.33. The molecule has 1 aliphatic carbocycles. The van der Waals surface area contributed by atoms with Crippen LogP contribution in [-0.4, -0.2) is 35.6 Å². The maximum absolute atomic E-state index is 11.4. The predicted octanol–water partition coefficient (Wildman–Crippen LogP) is -0.196. The molecule has 1 rings (SSSR count). The van der Waals surface area contributed by atoms with Crippen molar-refractivity contribution in [3.05, 3.63) is 0 Å². The van der Waals surface area contributed by atoms with Crippen LogP contribution in [0.1, 0.15) is 32.1 Å². The molecule has 0 spiro atoms. The van der Waals surface area contributed by atoms with E-state index in [1.807, 2.05) is 0 Å². The SMILES string of the molecule is NC(=O)C[C@@H](NC(=O)NCCCC1CC1)C(=O)O. The summed E-state index contributed by atoms with van der Waals surface area (Å²) in [6.45, 7) is 0.505. The lowest BCUT2D eigenvalue weighted by molar-refractivity contribution is -0.140. The van der Waals surface area contributed by atoms with Crippen LogP contribution >= 0.6 is 0 Å². The van der Waals surface area contributed by atoms with Crippen molar-refractivity contribution in [2.24, 2.45) is 11.7 Å². The Bertz CT molecular complexity index is 328. The second kappa shape index (κ2) is 6.83. The summed E-state index contributed by atoms with van der Waals surface area (Å²) in [5.41, 5.74) is 4.89. The van der Waals surface area contributed by atoms with E-state index in [0.29, 0.717) is 6.54 Å². The molecule has 1 fully saturated rings. The van der Waals surface area contributed by atoms with Gasteiger partial charge in [0.25, 0.3) is 0 Å². The first-order chi connectivity index (χ1) is 8.49. The van der Waals surface area contributed by atoms with E-state index in [0.717, 1.165) is 18.8 Å². The predicted molar refractivity (Wildman–Crippen MR) is 63.7 cm³/mol. The van der Waals surface area contributed by atoms with Crippen LogP contribution in [0.4, 0.5) is 4.79 Å². The van der Waals surface area contributed by atoms with Crippen molar-refractivity contribution in [3.8, 4) is 0 Å². The Balaban J connectivity index is 2.17. The quantitative estimate of drug-likeness (QED) is 0.450. The molecular formula is C11H19N3O4. The van der Waals surface area contributed by atoms with Gasteiger partial charge in [0, 0.05) is 6.54 Å². The van der Waals surface area contributed by atoms with Crippen LogP contribution in [0.3, 0.4) is 0 Å². The number of carboxylic acid groups (broad SMARTS) is 1. The highest BCUT2D eigenvalue weighted by atomic mass is 16.4. The number of rotatable bonds is 8. The van der Waals surface area contributed by atoms with Gasteiger partial charge in [0.05, 0.1) is 6.42 Å². The molecule has 0 aromatic heterocycles. The van der Waals surface area contributed by atoms with Gasteiger partial charge in [-0.25, -0.2) is 9.59 Å². The molecule has 7 nitrogen and oxygen atoms in total. The third kappa shape index (κ3) is 6.07. The van der Waals surface area contributed by atoms with E-state index in [-0.39, 0.29) is 0 Å². The number of nitrogens with one attached hydrogen (secondary N) is 2. The van der Waals surface area contributed by atoms with Gasteiger partial charge < -0.3 is 21.5 Å². The maximum Gasteiger partial charge on any atom is 0.326 e. The molecule has 1 saturated carbocycles. The first-order valence-corrected chi connectivity index (χ1v) is 6.04. The number of aliphatic carboxylic acids is 1. The van der Waals surface area contributed by atoms with Gasteiger partial charge in [-0.15, -0.1) is 0 Å². The fraction of sp³-hybridized carbons (Fsp3) is 0.727. The average molecular weight is 257 g/mol. The molecule has 1 aliphatic rings. The van der Waals surface area contributed by atoms with Crippen LogP contribution in [0.2, 0.25) is 0 Å². The van der Waals surface area contributed by atoms with Crippen molar-refractivity contribution in [3.63, 3.8) is 0 Å². The molecule has 0 heterocycles. The highest BCUT2D eigenvalue weighted by Gasteiger charge is 2.22. The van der Waals surface area contributed by atoms with Gasteiger partial charge in [0.2, 0.25) is 5.91 Å². The fourth-order valence-corrected chi connectivity index (χ4v) is 1.61. The zero-order valence-electron chi connectivity index (χ0n) is 10.1. The lowest BCUT2D eigenvalue weighted by Gasteiger charge is -2.13. The number of hydrogen-bond donors (Lipinski definition) is 4. The number of carboxylic acids is 1. The Labute approximate surface area is 105 Å². The lowest BCUT2D eigenvalue weighted by Crippen LogP contribution is -2.47. The van der Waals surface area contributed by atoms with Crippen LogP contribution in [0.15, 0.2) is 0 Å². The van der Waals surface area contributed by atoms with Crippen molar-refractivity contribution in [1.29, 1.82) is 0 Å². The van der Waals surface area contributed by atoms with Crippen LogP contribution in [-0.2, 0) is 9.59 Å². The Kier molecular flexibility index (Phi) is 5.41. The van der Waals surface area contributed by atoms with Crippen LogP contribution < -0.4 is 16.4 Å². The van der Waals surface area contributed by atoms with Crippen molar-refractivity contribution >= 4 is 17.9 Å². The molecule has 3 amide bonds. The fourth-order valence-electron chi connectivity index (χ4n) is 1.61. The summed E-state index contributed by atoms with van der Waals surface area (Å²) in [6.07, 6.45) is 4.10. The summed E-state index contributed by atoms with van der Waals surface area (Å²) in [4.78, 5) is 32.7. The summed E-state index contributed by atoms with van der Waals surface area (Å²) in [5.74, 6) is -1.24. The molecular weight excluding hydrogens is 238 g/mol. The van der Waals surface area contributed by atoms with Gasteiger partial charge in [-0.05, 0) is 18.8 Å². The van der Waals surface area contributed by atoms with Crippen molar-refractivity contribution in [2.75, 3.05) is 6.54 Å². The summed E-state index contributed by atoms with van der Waals surface area (Å²) >= 11 is 0. The number of nitrogens with two attached hydrogens (primary N) is 1. The normalized spacial score (nSPS) is 15.8. The van der Waals surface area contributed by atoms with Gasteiger partial charge >= 0.3 is 12.0 Å². The van der Waals surface area contributed by atoms with E-state index in [1.165, 1.54) is 12.8 Å². The minimum Gasteiger partial charge on any atom is -0.480 e. The summed E-state index contributed by atoms with van der Waals surface area (Å²) in [7, 11) is 0. The van der Waals surface area contributed by atoms with E-state index in [4.69, 9.17) is 10.8 Å². The number of hydrogen-bond acceptors (Lipinski definition) is 3. The Morgan fingerprint density at radius 1 is 1.33 bits per heavy atom. The molecule has 0 radical (unpaired) electrons. The van der Waals surface area contributed by atoms with Crippen LogP contribution in [0.25, 0.3) is 0 Å². The Hall–Kier alpha value is -1.79. The number of primary amides is 1. The Morgan fingerprint density at radius 2 is 2.00 bits per heavy atom. The third-order valence-electron chi connectivity index (χ3n) is 2.78. The monoisotopic (exact) mass is 257 g/mol. The zero-order chi connectivity index (χ0) is 13.5. The van der Waals surface area contributed by atoms with Gasteiger partial charge in [0.1, 0.15) is 6.04 Å². The maximum atomic E-state index is 11.4. The van der Waals surface area contributed by atoms with Crippen molar-refractivity contribution in [2.45, 2.75) is 38.1 Å². The molecule has 0 bridgehead atoms. The largest absolute Gasteiger partial charge is 0.480 e. The minimum atomic E-state index is -1.28. The molecule has 0 aromatic carbocycles. The smallest absolute Gasteiger partial charge is 0.326 e. The van der Waals surface area contributed by atoms with Crippen LogP contribution in [0, 0.1) is 5.92 Å². The molecule has 0 aromatic rings. The van der Waals surface area contributed by atoms with Gasteiger partial charge in [-0.3, -0.25) is 4.79 Å². The minimum absolute atomic E-state index is 0.412. The highest BCUT2D eigenvalue weighted by molar-refractivity contribution is 5.87. The van der Waals surface area contributed by atoms with E-state index in [1.54, 1.807) is 0 Å². The summed E-state index contributed by atoms with van der Waals surface area (Å²) < 4.78 is 0. The molecule has 0 aliphatic heterocycles. The average Bonchev–Trinajstić information content (AvgIpc) is 3.06. The van der Waals surface area contributed by atoms with Crippen LogP contribution in [0.5, 0.6) is 0 Å². The number of amides is 3. The van der Waals surface area contributed by atoms with E-state index in [2.05, 4.69) is 10.6 Å². The second-order valence-corrected chi connectivity index (χ2v) is 4.55. The summed E-state index contributed by atoms with van der Waals surface area (Å²) in [6, 6.07) is -1.86. The second-order valence-electron chi connectivity index (χ2n) is 4.55. The topological polar surface area (TPSA) is 122 Å².